The van der Waals surface area contributed by atoms with Crippen molar-refractivity contribution in [1.82, 2.24) is 0 Å². The van der Waals surface area contributed by atoms with Crippen LogP contribution in [0.15, 0.2) is 146 Å². The summed E-state index contributed by atoms with van der Waals surface area (Å²) in [5.74, 6) is 0.784. The predicted molar refractivity (Wildman–Crippen MR) is 202 cm³/mol. The monoisotopic (exact) mass is 596 g/mol. The van der Waals surface area contributed by atoms with E-state index in [0.717, 1.165) is 0 Å². The molecule has 2 aliphatic rings. The SMILES string of the molecule is CC1(C)c2cc(-c3ccc4ccc5cccc6ccc3c4c56)ccc2C2C=CC(c3ccc4ccc5cccc6ccc3c4c56)=CC21. The number of fused-ring (bicyclic) bond motifs is 3. The summed E-state index contributed by atoms with van der Waals surface area (Å²) in [6, 6.07) is 48.3. The zero-order valence-electron chi connectivity index (χ0n) is 26.5. The predicted octanol–water partition coefficient (Wildman–Crippen LogP) is 12.8. The minimum absolute atomic E-state index is 0.000406. The molecule has 220 valence electrons. The Morgan fingerprint density at radius 2 is 1.00 bits per heavy atom. The van der Waals surface area contributed by atoms with E-state index in [1.165, 1.54) is 98.0 Å². The van der Waals surface area contributed by atoms with Gasteiger partial charge in [0.25, 0.3) is 0 Å². The fourth-order valence-electron chi connectivity index (χ4n) is 9.54. The molecule has 0 aromatic heterocycles. The molecule has 0 saturated carbocycles. The second-order valence-corrected chi connectivity index (χ2v) is 14.5. The minimum Gasteiger partial charge on any atom is -0.0758 e. The van der Waals surface area contributed by atoms with E-state index in [0.29, 0.717) is 11.8 Å². The van der Waals surface area contributed by atoms with Crippen molar-refractivity contribution in [2.24, 2.45) is 5.92 Å². The molecule has 2 atom stereocenters. The molecule has 0 aliphatic heterocycles. The van der Waals surface area contributed by atoms with Crippen molar-refractivity contribution in [2.45, 2.75) is 25.2 Å². The summed E-state index contributed by atoms with van der Waals surface area (Å²) in [4.78, 5) is 0. The van der Waals surface area contributed by atoms with E-state index in [1.807, 2.05) is 0 Å². The van der Waals surface area contributed by atoms with Gasteiger partial charge >= 0.3 is 0 Å². The maximum absolute atomic E-state index is 2.59. The van der Waals surface area contributed by atoms with Crippen LogP contribution in [-0.4, -0.2) is 0 Å². The Kier molecular flexibility index (Phi) is 4.85. The van der Waals surface area contributed by atoms with Gasteiger partial charge in [0.1, 0.15) is 0 Å². The van der Waals surface area contributed by atoms with Crippen LogP contribution in [0.3, 0.4) is 0 Å². The van der Waals surface area contributed by atoms with Crippen LogP contribution in [0.5, 0.6) is 0 Å². The van der Waals surface area contributed by atoms with Gasteiger partial charge in [-0.1, -0.05) is 159 Å². The molecular weight excluding hydrogens is 565 g/mol. The fraction of sp³-hybridized carbons (Fsp3) is 0.106. The lowest BCUT2D eigenvalue weighted by Gasteiger charge is -2.31. The van der Waals surface area contributed by atoms with Gasteiger partial charge in [-0.15, -0.1) is 0 Å². The first kappa shape index (κ1) is 25.7. The molecule has 9 aromatic carbocycles. The zero-order valence-corrected chi connectivity index (χ0v) is 26.5. The van der Waals surface area contributed by atoms with Crippen molar-refractivity contribution in [2.75, 3.05) is 0 Å². The first-order valence-electron chi connectivity index (χ1n) is 16.9. The van der Waals surface area contributed by atoms with Gasteiger partial charge < -0.3 is 0 Å². The highest BCUT2D eigenvalue weighted by atomic mass is 14.5. The van der Waals surface area contributed by atoms with E-state index in [4.69, 9.17) is 0 Å². The second-order valence-electron chi connectivity index (χ2n) is 14.5. The van der Waals surface area contributed by atoms with Gasteiger partial charge in [0, 0.05) is 5.92 Å². The van der Waals surface area contributed by atoms with Gasteiger partial charge in [0.05, 0.1) is 0 Å². The summed E-state index contributed by atoms with van der Waals surface area (Å²) < 4.78 is 0. The molecule has 0 heteroatoms. The summed E-state index contributed by atoms with van der Waals surface area (Å²) in [6.45, 7) is 4.92. The van der Waals surface area contributed by atoms with Crippen LogP contribution in [0.1, 0.15) is 36.5 Å². The first-order chi connectivity index (χ1) is 23.0. The fourth-order valence-corrected chi connectivity index (χ4v) is 9.54. The van der Waals surface area contributed by atoms with Gasteiger partial charge in [0.15, 0.2) is 0 Å². The molecule has 0 spiro atoms. The maximum atomic E-state index is 2.59. The highest BCUT2D eigenvalue weighted by Gasteiger charge is 2.45. The lowest BCUT2D eigenvalue weighted by atomic mass is 9.72. The van der Waals surface area contributed by atoms with Crippen LogP contribution in [0.4, 0.5) is 0 Å². The largest absolute Gasteiger partial charge is 0.0758 e. The van der Waals surface area contributed by atoms with Gasteiger partial charge in [0.2, 0.25) is 0 Å². The third kappa shape index (κ3) is 3.33. The van der Waals surface area contributed by atoms with Crippen molar-refractivity contribution in [3.8, 4) is 11.1 Å². The van der Waals surface area contributed by atoms with Crippen LogP contribution in [0, 0.1) is 5.92 Å². The van der Waals surface area contributed by atoms with Crippen LogP contribution in [-0.2, 0) is 5.41 Å². The molecule has 0 bridgehead atoms. The van der Waals surface area contributed by atoms with Crippen molar-refractivity contribution >= 4 is 70.2 Å². The third-order valence-electron chi connectivity index (χ3n) is 11.8. The Morgan fingerprint density at radius 3 is 1.62 bits per heavy atom. The average Bonchev–Trinajstić information content (AvgIpc) is 3.34. The smallest absolute Gasteiger partial charge is 0.00957 e. The van der Waals surface area contributed by atoms with Gasteiger partial charge in [-0.3, -0.25) is 0 Å². The number of allylic oxidation sites excluding steroid dienone is 4. The molecule has 47 heavy (non-hydrogen) atoms. The molecular formula is C47H32. The normalized spacial score (nSPS) is 18.6. The third-order valence-corrected chi connectivity index (χ3v) is 11.8. The number of rotatable bonds is 2. The number of benzene rings is 9. The molecule has 2 aliphatic carbocycles. The summed E-state index contributed by atoms with van der Waals surface area (Å²) >= 11 is 0. The molecule has 0 N–H and O–H groups in total. The summed E-state index contributed by atoms with van der Waals surface area (Å²) in [6.07, 6.45) is 7.47. The Hall–Kier alpha value is -5.46. The summed E-state index contributed by atoms with van der Waals surface area (Å²) in [7, 11) is 0. The van der Waals surface area contributed by atoms with E-state index in [2.05, 4.69) is 159 Å². The second kappa shape index (κ2) is 8.87. The van der Waals surface area contributed by atoms with E-state index >= 15 is 0 Å². The zero-order chi connectivity index (χ0) is 31.0. The molecule has 0 amide bonds. The number of hydrogen-bond donors (Lipinski definition) is 0. The standard InChI is InChI=1S/C47H32/c1-47(2)41-25-33(35-19-13-31-11-9-27-5-3-7-29-15-23-39(35)45(31)43(27)29)17-21-37(41)38-22-18-34(26-42(38)47)36-20-14-32-12-10-28-6-4-8-30-16-24-40(36)46(32)44(28)30/h3-26,37,41H,1-2H3. The molecule has 11 rings (SSSR count). The van der Waals surface area contributed by atoms with Crippen LogP contribution in [0.2, 0.25) is 0 Å². The molecule has 0 nitrogen and oxygen atoms in total. The van der Waals surface area contributed by atoms with Crippen molar-refractivity contribution in [3.63, 3.8) is 0 Å². The van der Waals surface area contributed by atoms with Crippen molar-refractivity contribution in [1.29, 1.82) is 0 Å². The van der Waals surface area contributed by atoms with Crippen LogP contribution in [0.25, 0.3) is 81.3 Å². The highest BCUT2D eigenvalue weighted by molar-refractivity contribution is 6.26. The maximum Gasteiger partial charge on any atom is 0.00957 e. The molecule has 0 fully saturated rings. The van der Waals surface area contributed by atoms with Crippen molar-refractivity contribution in [3.05, 3.63) is 162 Å². The molecule has 0 heterocycles. The molecule has 2 unspecified atom stereocenters. The topological polar surface area (TPSA) is 0 Å². The van der Waals surface area contributed by atoms with E-state index in [-0.39, 0.29) is 5.41 Å². The van der Waals surface area contributed by atoms with Crippen molar-refractivity contribution < 1.29 is 0 Å². The Balaban J connectivity index is 1.05. The lowest BCUT2D eigenvalue weighted by molar-refractivity contribution is 0.395. The van der Waals surface area contributed by atoms with Gasteiger partial charge in [-0.05, 0) is 109 Å². The Labute approximate surface area is 273 Å². The Morgan fingerprint density at radius 1 is 0.489 bits per heavy atom. The summed E-state index contributed by atoms with van der Waals surface area (Å²) in [5, 5.41) is 16.1. The van der Waals surface area contributed by atoms with Gasteiger partial charge in [-0.2, -0.15) is 0 Å². The van der Waals surface area contributed by atoms with Gasteiger partial charge in [-0.25, -0.2) is 0 Å². The first-order valence-corrected chi connectivity index (χ1v) is 16.9. The van der Waals surface area contributed by atoms with E-state index in [9.17, 15) is 0 Å². The minimum atomic E-state index is -0.000406. The van der Waals surface area contributed by atoms with E-state index < -0.39 is 0 Å². The molecule has 9 aromatic rings. The number of hydrogen-bond acceptors (Lipinski definition) is 0. The highest BCUT2D eigenvalue weighted by Crippen LogP contribution is 2.55. The molecule has 0 radical (unpaired) electrons. The average molecular weight is 597 g/mol. The Bertz CT molecular complexity index is 2790. The molecule has 0 saturated heterocycles. The van der Waals surface area contributed by atoms with Crippen LogP contribution >= 0.6 is 0 Å². The lowest BCUT2D eigenvalue weighted by Crippen LogP contribution is -2.25. The quantitative estimate of drug-likeness (QED) is 0.174. The van der Waals surface area contributed by atoms with Crippen LogP contribution < -0.4 is 0 Å². The summed E-state index contributed by atoms with van der Waals surface area (Å²) in [5.41, 5.74) is 8.28. The van der Waals surface area contributed by atoms with E-state index in [1.54, 1.807) is 0 Å².